The number of nitrogens with zero attached hydrogens (tertiary/aromatic N) is 2. The zero-order valence-corrected chi connectivity index (χ0v) is 16.9. The predicted octanol–water partition coefficient (Wildman–Crippen LogP) is 1.03. The molecule has 0 radical (unpaired) electrons. The van der Waals surface area contributed by atoms with Gasteiger partial charge in [-0.3, -0.25) is 9.79 Å². The first-order chi connectivity index (χ1) is 9.80. The molecular formula is C15H32IN5O. The summed E-state index contributed by atoms with van der Waals surface area (Å²) in [6, 6.07) is 0. The van der Waals surface area contributed by atoms with E-state index < -0.39 is 0 Å². The van der Waals surface area contributed by atoms with Gasteiger partial charge in [0.25, 0.3) is 0 Å². The number of carbonyl (C=O) groups excluding carboxylic acids is 1. The van der Waals surface area contributed by atoms with Gasteiger partial charge >= 0.3 is 0 Å². The maximum atomic E-state index is 11.8. The number of rotatable bonds is 4. The van der Waals surface area contributed by atoms with Gasteiger partial charge in [-0.05, 0) is 59.7 Å². The zero-order valence-electron chi connectivity index (χ0n) is 14.5. The van der Waals surface area contributed by atoms with Crippen molar-refractivity contribution in [1.82, 2.24) is 20.9 Å². The van der Waals surface area contributed by atoms with Gasteiger partial charge in [0, 0.05) is 19.1 Å². The second kappa shape index (κ2) is 10.3. The van der Waals surface area contributed by atoms with Crippen LogP contribution in [-0.2, 0) is 4.79 Å². The van der Waals surface area contributed by atoms with Gasteiger partial charge in [0.1, 0.15) is 0 Å². The summed E-state index contributed by atoms with van der Waals surface area (Å²) in [5.41, 5.74) is -0.205. The van der Waals surface area contributed by atoms with E-state index in [0.29, 0.717) is 11.9 Å². The Labute approximate surface area is 151 Å². The monoisotopic (exact) mass is 425 g/mol. The third-order valence-corrected chi connectivity index (χ3v) is 3.55. The van der Waals surface area contributed by atoms with Crippen molar-refractivity contribution in [3.05, 3.63) is 0 Å². The summed E-state index contributed by atoms with van der Waals surface area (Å²) in [5, 5.41) is 9.29. The lowest BCUT2D eigenvalue weighted by molar-refractivity contribution is -0.121. The average Bonchev–Trinajstić information content (AvgIpc) is 2.39. The highest BCUT2D eigenvalue weighted by Crippen LogP contribution is 2.14. The van der Waals surface area contributed by atoms with E-state index >= 15 is 0 Å². The largest absolute Gasteiger partial charge is 0.356 e. The molecule has 130 valence electrons. The Balaban J connectivity index is 0.00000441. The maximum absolute atomic E-state index is 11.8. The first kappa shape index (κ1) is 21.4. The Kier molecular flexibility index (Phi) is 9.99. The smallest absolute Gasteiger partial charge is 0.239 e. The number of piperidine rings is 1. The molecule has 0 saturated carbocycles. The minimum Gasteiger partial charge on any atom is -0.356 e. The van der Waals surface area contributed by atoms with E-state index in [1.807, 2.05) is 20.8 Å². The van der Waals surface area contributed by atoms with Crippen molar-refractivity contribution in [3.63, 3.8) is 0 Å². The van der Waals surface area contributed by atoms with Crippen LogP contribution in [0.15, 0.2) is 4.99 Å². The Morgan fingerprint density at radius 1 is 1.23 bits per heavy atom. The number of halogens is 1. The molecule has 1 fully saturated rings. The van der Waals surface area contributed by atoms with Gasteiger partial charge in [-0.2, -0.15) is 0 Å². The fourth-order valence-corrected chi connectivity index (χ4v) is 2.35. The highest BCUT2D eigenvalue weighted by molar-refractivity contribution is 14.0. The summed E-state index contributed by atoms with van der Waals surface area (Å²) in [7, 11) is 3.89. The van der Waals surface area contributed by atoms with Gasteiger partial charge in [0.2, 0.25) is 5.91 Å². The minimum atomic E-state index is -0.205. The number of likely N-dealkylation sites (tertiary alicyclic amines) is 1. The fraction of sp³-hybridized carbons (Fsp3) is 0.867. The van der Waals surface area contributed by atoms with E-state index in [1.54, 1.807) is 7.05 Å². The molecule has 0 unspecified atom stereocenters. The van der Waals surface area contributed by atoms with E-state index in [0.717, 1.165) is 19.6 Å². The predicted molar refractivity (Wildman–Crippen MR) is 103 cm³/mol. The first-order valence-electron chi connectivity index (χ1n) is 7.74. The molecule has 7 heteroatoms. The van der Waals surface area contributed by atoms with Crippen molar-refractivity contribution < 1.29 is 4.79 Å². The third-order valence-electron chi connectivity index (χ3n) is 3.55. The van der Waals surface area contributed by atoms with Crippen molar-refractivity contribution in [2.24, 2.45) is 10.9 Å². The van der Waals surface area contributed by atoms with Crippen LogP contribution >= 0.6 is 24.0 Å². The quantitative estimate of drug-likeness (QED) is 0.358. The number of aliphatic imine (C=N–C) groups is 1. The average molecular weight is 425 g/mol. The lowest BCUT2D eigenvalue weighted by Gasteiger charge is -2.29. The molecule has 0 aromatic rings. The lowest BCUT2D eigenvalue weighted by atomic mass is 9.97. The van der Waals surface area contributed by atoms with Gasteiger partial charge in [0.15, 0.2) is 5.96 Å². The van der Waals surface area contributed by atoms with Crippen molar-refractivity contribution in [1.29, 1.82) is 0 Å². The second-order valence-electron chi connectivity index (χ2n) is 6.85. The van der Waals surface area contributed by atoms with Crippen LogP contribution in [0, 0.1) is 5.92 Å². The molecule has 22 heavy (non-hydrogen) atoms. The van der Waals surface area contributed by atoms with Gasteiger partial charge in [-0.15, -0.1) is 24.0 Å². The third kappa shape index (κ3) is 9.45. The molecule has 0 aromatic heterocycles. The number of guanidine groups is 1. The molecule has 0 aliphatic carbocycles. The van der Waals surface area contributed by atoms with Crippen molar-refractivity contribution in [2.75, 3.05) is 40.3 Å². The zero-order chi connectivity index (χ0) is 15.9. The Hall–Kier alpha value is -0.570. The van der Waals surface area contributed by atoms with Crippen LogP contribution in [0.5, 0.6) is 0 Å². The molecule has 1 heterocycles. The molecular weight excluding hydrogens is 393 g/mol. The second-order valence-corrected chi connectivity index (χ2v) is 6.85. The van der Waals surface area contributed by atoms with Crippen molar-refractivity contribution in [2.45, 2.75) is 39.2 Å². The summed E-state index contributed by atoms with van der Waals surface area (Å²) in [6.45, 7) is 9.38. The number of nitrogens with one attached hydrogen (secondary N) is 3. The summed E-state index contributed by atoms with van der Waals surface area (Å²) >= 11 is 0. The molecule has 1 aliphatic heterocycles. The Bertz CT molecular complexity index is 359. The highest BCUT2D eigenvalue weighted by atomic mass is 127. The molecule has 3 N–H and O–H groups in total. The number of carbonyl (C=O) groups is 1. The SMILES string of the molecule is CN=C(NCC(=O)NC(C)(C)C)NCC1CCN(C)CC1.I. The van der Waals surface area contributed by atoms with E-state index in [4.69, 9.17) is 0 Å². The van der Waals surface area contributed by atoms with Gasteiger partial charge in [-0.25, -0.2) is 0 Å². The Morgan fingerprint density at radius 3 is 2.32 bits per heavy atom. The minimum absolute atomic E-state index is 0. The van der Waals surface area contributed by atoms with Crippen LogP contribution in [0.2, 0.25) is 0 Å². The van der Waals surface area contributed by atoms with E-state index in [-0.39, 0.29) is 42.0 Å². The molecule has 0 spiro atoms. The molecule has 0 aromatic carbocycles. The van der Waals surface area contributed by atoms with Crippen LogP contribution in [0.25, 0.3) is 0 Å². The molecule has 1 amide bonds. The normalized spacial score (nSPS) is 17.6. The summed E-state index contributed by atoms with van der Waals surface area (Å²) < 4.78 is 0. The Morgan fingerprint density at radius 2 is 1.82 bits per heavy atom. The van der Waals surface area contributed by atoms with Gasteiger partial charge in [-0.1, -0.05) is 0 Å². The maximum Gasteiger partial charge on any atom is 0.239 e. The molecule has 1 saturated heterocycles. The lowest BCUT2D eigenvalue weighted by Crippen LogP contribution is -2.49. The van der Waals surface area contributed by atoms with Crippen molar-refractivity contribution >= 4 is 35.8 Å². The number of hydrogen-bond acceptors (Lipinski definition) is 3. The van der Waals surface area contributed by atoms with E-state index in [9.17, 15) is 4.79 Å². The van der Waals surface area contributed by atoms with Crippen LogP contribution in [0.3, 0.4) is 0 Å². The summed E-state index contributed by atoms with van der Waals surface area (Å²) in [6.07, 6.45) is 2.43. The van der Waals surface area contributed by atoms with Gasteiger partial charge in [0.05, 0.1) is 6.54 Å². The molecule has 1 rings (SSSR count). The summed E-state index contributed by atoms with van der Waals surface area (Å²) in [4.78, 5) is 18.3. The van der Waals surface area contributed by atoms with Crippen LogP contribution in [0.4, 0.5) is 0 Å². The molecule has 1 aliphatic rings. The molecule has 0 bridgehead atoms. The van der Waals surface area contributed by atoms with Crippen LogP contribution < -0.4 is 16.0 Å². The number of amides is 1. The van der Waals surface area contributed by atoms with E-state index in [1.165, 1.54) is 12.8 Å². The molecule has 6 nitrogen and oxygen atoms in total. The van der Waals surface area contributed by atoms with Crippen LogP contribution in [0.1, 0.15) is 33.6 Å². The van der Waals surface area contributed by atoms with E-state index in [2.05, 4.69) is 32.9 Å². The summed E-state index contributed by atoms with van der Waals surface area (Å²) in [5.74, 6) is 1.35. The number of hydrogen-bond donors (Lipinski definition) is 3. The topological polar surface area (TPSA) is 68.8 Å². The highest BCUT2D eigenvalue weighted by Gasteiger charge is 2.17. The standard InChI is InChI=1S/C15H31N5O.HI/c1-15(2,3)19-13(21)11-18-14(16-4)17-10-12-6-8-20(5)9-7-12;/h12H,6-11H2,1-5H3,(H,19,21)(H2,16,17,18);1H. The van der Waals surface area contributed by atoms with Crippen LogP contribution in [-0.4, -0.2) is 62.6 Å². The molecule has 0 atom stereocenters. The van der Waals surface area contributed by atoms with Crippen molar-refractivity contribution in [3.8, 4) is 0 Å². The first-order valence-corrected chi connectivity index (χ1v) is 7.74. The van der Waals surface area contributed by atoms with Gasteiger partial charge < -0.3 is 20.9 Å². The fourth-order valence-electron chi connectivity index (χ4n) is 2.35.